The quantitative estimate of drug-likeness (QED) is 0.164. The van der Waals surface area contributed by atoms with Crippen molar-refractivity contribution >= 4 is 54.4 Å². The van der Waals surface area contributed by atoms with Gasteiger partial charge in [-0.15, -0.1) is 0 Å². The third-order valence-corrected chi connectivity index (χ3v) is 10.8. The van der Waals surface area contributed by atoms with Crippen LogP contribution in [0.15, 0.2) is 87.8 Å². The molecule has 0 amide bonds. The first-order valence-corrected chi connectivity index (χ1v) is 17.6. The maximum absolute atomic E-state index is 16.2. The molecule has 0 N–H and O–H groups in total. The highest BCUT2D eigenvalue weighted by Gasteiger charge is 2.45. The SMILES string of the molecule is CCCCN(CC)c1ccc(C2(c3ccc(F)cc3)C=Cc3c4c(c5cc(F)cc(F)c5c3O2)-c2cc(Br)cc(Br)c2C4(C)C)cc1. The van der Waals surface area contributed by atoms with Gasteiger partial charge in [-0.3, -0.25) is 0 Å². The van der Waals surface area contributed by atoms with E-state index in [1.54, 1.807) is 12.1 Å². The van der Waals surface area contributed by atoms with Gasteiger partial charge in [-0.25, -0.2) is 13.2 Å². The average Bonchev–Trinajstić information content (AvgIpc) is 3.28. The van der Waals surface area contributed by atoms with Crippen LogP contribution in [0.4, 0.5) is 18.9 Å². The summed E-state index contributed by atoms with van der Waals surface area (Å²) in [5.74, 6) is -1.39. The van der Waals surface area contributed by atoms with Gasteiger partial charge in [-0.05, 0) is 89.5 Å². The summed E-state index contributed by atoms with van der Waals surface area (Å²) in [6.45, 7) is 10.4. The topological polar surface area (TPSA) is 12.5 Å². The van der Waals surface area contributed by atoms with E-state index < -0.39 is 22.7 Å². The summed E-state index contributed by atoms with van der Waals surface area (Å²) < 4.78 is 54.5. The molecule has 0 aromatic heterocycles. The van der Waals surface area contributed by atoms with Crippen molar-refractivity contribution in [3.8, 4) is 16.9 Å². The Morgan fingerprint density at radius 3 is 2.15 bits per heavy atom. The number of hydrogen-bond donors (Lipinski definition) is 0. The van der Waals surface area contributed by atoms with Gasteiger partial charge in [0.25, 0.3) is 0 Å². The minimum atomic E-state index is -1.21. The van der Waals surface area contributed by atoms with Crippen molar-refractivity contribution in [1.82, 2.24) is 0 Å². The van der Waals surface area contributed by atoms with E-state index in [0.717, 1.165) is 80.0 Å². The van der Waals surface area contributed by atoms with Crippen molar-refractivity contribution in [3.05, 3.63) is 133 Å². The summed E-state index contributed by atoms with van der Waals surface area (Å²) in [6, 6.07) is 20.8. The molecule has 2 nitrogen and oxygen atoms in total. The number of hydrogen-bond acceptors (Lipinski definition) is 2. The Balaban J connectivity index is 1.50. The summed E-state index contributed by atoms with van der Waals surface area (Å²) in [5.41, 5.74) is 5.28. The second-order valence-corrected chi connectivity index (χ2v) is 14.7. The fourth-order valence-electron chi connectivity index (χ4n) is 7.55. The first-order chi connectivity index (χ1) is 22.5. The summed E-state index contributed by atoms with van der Waals surface area (Å²) in [7, 11) is 0. The molecule has 0 spiro atoms. The molecule has 0 saturated carbocycles. The lowest BCUT2D eigenvalue weighted by atomic mass is 9.76. The molecule has 0 saturated heterocycles. The van der Waals surface area contributed by atoms with E-state index in [2.05, 4.69) is 76.6 Å². The molecular formula is C40H34Br2F3NO. The highest BCUT2D eigenvalue weighted by Crippen LogP contribution is 2.60. The van der Waals surface area contributed by atoms with Gasteiger partial charge >= 0.3 is 0 Å². The molecule has 1 unspecified atom stereocenters. The molecule has 5 aromatic carbocycles. The Morgan fingerprint density at radius 1 is 0.809 bits per heavy atom. The summed E-state index contributed by atoms with van der Waals surface area (Å²) >= 11 is 7.41. The molecular weight excluding hydrogens is 727 g/mol. The molecule has 0 radical (unpaired) electrons. The number of rotatable bonds is 7. The Hall–Kier alpha value is -3.55. The Bertz CT molecular complexity index is 2070. The molecule has 7 heteroatoms. The zero-order chi connectivity index (χ0) is 33.2. The third kappa shape index (κ3) is 5.04. The molecule has 240 valence electrons. The number of unbranched alkanes of at least 4 members (excludes halogenated alkanes) is 1. The van der Waals surface area contributed by atoms with Crippen LogP contribution >= 0.6 is 31.9 Å². The monoisotopic (exact) mass is 759 g/mol. The van der Waals surface area contributed by atoms with E-state index in [0.29, 0.717) is 16.7 Å². The van der Waals surface area contributed by atoms with Crippen molar-refractivity contribution in [1.29, 1.82) is 0 Å². The van der Waals surface area contributed by atoms with Crippen molar-refractivity contribution in [3.63, 3.8) is 0 Å². The van der Waals surface area contributed by atoms with Crippen LogP contribution in [0.2, 0.25) is 0 Å². The number of halogens is 5. The molecule has 0 bridgehead atoms. The van der Waals surface area contributed by atoms with Crippen LogP contribution in [0.1, 0.15) is 68.4 Å². The van der Waals surface area contributed by atoms with E-state index in [4.69, 9.17) is 4.74 Å². The van der Waals surface area contributed by atoms with Crippen molar-refractivity contribution in [2.75, 3.05) is 18.0 Å². The average molecular weight is 762 g/mol. The number of benzene rings is 5. The van der Waals surface area contributed by atoms with Gasteiger partial charge in [0.2, 0.25) is 0 Å². The second kappa shape index (κ2) is 11.9. The molecule has 1 aliphatic carbocycles. The Kier molecular flexibility index (Phi) is 8.07. The molecule has 0 fully saturated rings. The van der Waals surface area contributed by atoms with E-state index >= 15 is 8.78 Å². The smallest absolute Gasteiger partial charge is 0.178 e. The van der Waals surface area contributed by atoms with Crippen LogP contribution in [0.25, 0.3) is 28.0 Å². The van der Waals surface area contributed by atoms with Crippen LogP contribution in [0.3, 0.4) is 0 Å². The molecule has 5 aromatic rings. The largest absolute Gasteiger partial charge is 0.472 e. The van der Waals surface area contributed by atoms with E-state index in [1.807, 2.05) is 36.4 Å². The van der Waals surface area contributed by atoms with Crippen LogP contribution in [-0.2, 0) is 11.0 Å². The number of ether oxygens (including phenoxy) is 1. The van der Waals surface area contributed by atoms with Gasteiger partial charge in [-0.1, -0.05) is 89.4 Å². The lowest BCUT2D eigenvalue weighted by molar-refractivity contribution is 0.163. The van der Waals surface area contributed by atoms with Gasteiger partial charge in [0, 0.05) is 55.9 Å². The summed E-state index contributed by atoms with van der Waals surface area (Å²) in [4.78, 5) is 2.34. The fourth-order valence-corrected chi connectivity index (χ4v) is 9.27. The van der Waals surface area contributed by atoms with Crippen LogP contribution < -0.4 is 9.64 Å². The zero-order valence-electron chi connectivity index (χ0n) is 26.7. The standard InChI is InChI=1S/C40H34Br2F3NO/c1-5-7-18-46(6-2)28-14-10-24(11-15-28)40(23-8-12-26(43)13-9-23)17-16-29-37-34(30-21-27(44)22-33(45)35(30)38(29)47-40)31-19-25(41)20-32(42)36(31)39(37,3)4/h8-17,19-22H,5-7,18H2,1-4H3. The third-order valence-electron chi connectivity index (χ3n) is 9.74. The van der Waals surface area contributed by atoms with Crippen LogP contribution in [-0.4, -0.2) is 13.1 Å². The highest BCUT2D eigenvalue weighted by atomic mass is 79.9. The predicted octanol–water partition coefficient (Wildman–Crippen LogP) is 12.1. The number of nitrogens with zero attached hydrogens (tertiary/aromatic N) is 1. The normalized spacial score (nSPS) is 17.3. The Labute approximate surface area is 290 Å². The molecule has 1 heterocycles. The van der Waals surface area contributed by atoms with E-state index in [9.17, 15) is 4.39 Å². The lowest BCUT2D eigenvalue weighted by Gasteiger charge is -2.38. The molecule has 2 aliphatic rings. The number of fused-ring (bicyclic) bond motifs is 8. The maximum Gasteiger partial charge on any atom is 0.178 e. The second-order valence-electron chi connectivity index (χ2n) is 12.9. The van der Waals surface area contributed by atoms with Crippen LogP contribution in [0.5, 0.6) is 5.75 Å². The molecule has 47 heavy (non-hydrogen) atoms. The fraction of sp³-hybridized carbons (Fsp3) is 0.250. The first kappa shape index (κ1) is 32.0. The first-order valence-electron chi connectivity index (χ1n) is 16.0. The zero-order valence-corrected chi connectivity index (χ0v) is 29.8. The van der Waals surface area contributed by atoms with Gasteiger partial charge < -0.3 is 9.64 Å². The minimum Gasteiger partial charge on any atom is -0.472 e. The van der Waals surface area contributed by atoms with Crippen molar-refractivity contribution < 1.29 is 17.9 Å². The summed E-state index contributed by atoms with van der Waals surface area (Å²) in [6.07, 6.45) is 6.20. The van der Waals surface area contributed by atoms with Gasteiger partial charge in [0.05, 0.1) is 5.39 Å². The van der Waals surface area contributed by atoms with Gasteiger partial charge in [0.1, 0.15) is 23.2 Å². The Morgan fingerprint density at radius 2 is 1.49 bits per heavy atom. The van der Waals surface area contributed by atoms with Crippen molar-refractivity contribution in [2.45, 2.75) is 51.6 Å². The van der Waals surface area contributed by atoms with Gasteiger partial charge in [0.15, 0.2) is 5.60 Å². The lowest BCUT2D eigenvalue weighted by Crippen LogP contribution is -2.35. The minimum absolute atomic E-state index is 0.212. The van der Waals surface area contributed by atoms with Gasteiger partial charge in [-0.2, -0.15) is 0 Å². The molecule has 1 atom stereocenters. The van der Waals surface area contributed by atoms with Crippen molar-refractivity contribution in [2.24, 2.45) is 0 Å². The van der Waals surface area contributed by atoms with Crippen LogP contribution in [0, 0.1) is 17.5 Å². The molecule has 1 aliphatic heterocycles. The molecule has 7 rings (SSSR count). The maximum atomic E-state index is 16.2. The highest BCUT2D eigenvalue weighted by molar-refractivity contribution is 9.11. The van der Waals surface area contributed by atoms with E-state index in [1.165, 1.54) is 18.2 Å². The predicted molar refractivity (Wildman–Crippen MR) is 193 cm³/mol. The summed E-state index contributed by atoms with van der Waals surface area (Å²) in [5, 5.41) is 0.658. The van der Waals surface area contributed by atoms with E-state index in [-0.39, 0.29) is 11.2 Å². The number of anilines is 1.